The second kappa shape index (κ2) is 10.6. The summed E-state index contributed by atoms with van der Waals surface area (Å²) in [7, 11) is 0. The summed E-state index contributed by atoms with van der Waals surface area (Å²) in [4.78, 5) is 28.9. The van der Waals surface area contributed by atoms with Crippen LogP contribution in [0.3, 0.4) is 0 Å². The second-order valence-electron chi connectivity index (χ2n) is 7.53. The van der Waals surface area contributed by atoms with Crippen LogP contribution in [-0.2, 0) is 11.3 Å². The number of anilines is 1. The molecule has 1 atom stereocenters. The number of nitrogens with one attached hydrogen (secondary N) is 1. The summed E-state index contributed by atoms with van der Waals surface area (Å²) in [5.74, 6) is -0.550. The molecule has 4 aromatic carbocycles. The van der Waals surface area contributed by atoms with Crippen molar-refractivity contribution in [1.82, 2.24) is 5.32 Å². The molecule has 4 aromatic rings. The standard InChI is InChI=1S/C28H23ClN2O2/c29-24-18-16-22(17-19-24)26(27(32)30-20-21-10-4-1-5-11-21)31(25-14-8-3-9-15-25)28(33)23-12-6-2-7-13-23/h1-19,26H,20H2,(H,30,32). The van der Waals surface area contributed by atoms with Crippen LogP contribution < -0.4 is 10.2 Å². The lowest BCUT2D eigenvalue weighted by molar-refractivity contribution is -0.122. The van der Waals surface area contributed by atoms with Crippen LogP contribution in [0.2, 0.25) is 5.02 Å². The maximum absolute atomic E-state index is 13.7. The third kappa shape index (κ3) is 5.48. The van der Waals surface area contributed by atoms with Crippen molar-refractivity contribution in [2.45, 2.75) is 12.6 Å². The number of carbonyl (C=O) groups excluding carboxylic acids is 2. The largest absolute Gasteiger partial charge is 0.350 e. The van der Waals surface area contributed by atoms with E-state index in [0.29, 0.717) is 28.4 Å². The Hall–Kier alpha value is -3.89. The number of amides is 2. The topological polar surface area (TPSA) is 49.4 Å². The zero-order valence-corrected chi connectivity index (χ0v) is 18.7. The van der Waals surface area contributed by atoms with Crippen molar-refractivity contribution in [2.75, 3.05) is 4.90 Å². The van der Waals surface area contributed by atoms with Crippen molar-refractivity contribution in [3.63, 3.8) is 0 Å². The number of carbonyl (C=O) groups is 2. The first-order chi connectivity index (χ1) is 16.1. The number of hydrogen-bond acceptors (Lipinski definition) is 2. The number of para-hydroxylation sites is 1. The minimum atomic E-state index is -0.888. The Morgan fingerprint density at radius 1 is 0.727 bits per heavy atom. The van der Waals surface area contributed by atoms with E-state index in [9.17, 15) is 9.59 Å². The molecule has 0 bridgehead atoms. The number of hydrogen-bond donors (Lipinski definition) is 1. The van der Waals surface area contributed by atoms with Gasteiger partial charge in [0.2, 0.25) is 5.91 Å². The van der Waals surface area contributed by atoms with Gasteiger partial charge in [-0.3, -0.25) is 14.5 Å². The molecule has 5 heteroatoms. The highest BCUT2D eigenvalue weighted by molar-refractivity contribution is 6.30. The maximum atomic E-state index is 13.7. The summed E-state index contributed by atoms with van der Waals surface area (Å²) in [5.41, 5.74) is 2.76. The molecule has 0 saturated heterocycles. The highest BCUT2D eigenvalue weighted by Crippen LogP contribution is 2.30. The van der Waals surface area contributed by atoms with Crippen LogP contribution in [-0.4, -0.2) is 11.8 Å². The van der Waals surface area contributed by atoms with E-state index in [2.05, 4.69) is 5.32 Å². The van der Waals surface area contributed by atoms with Crippen molar-refractivity contribution >= 4 is 29.1 Å². The molecule has 0 radical (unpaired) electrons. The molecule has 0 fully saturated rings. The second-order valence-corrected chi connectivity index (χ2v) is 7.97. The van der Waals surface area contributed by atoms with Crippen LogP contribution in [0, 0.1) is 0 Å². The van der Waals surface area contributed by atoms with Gasteiger partial charge in [0, 0.05) is 22.8 Å². The summed E-state index contributed by atoms with van der Waals surface area (Å²) >= 11 is 6.11. The van der Waals surface area contributed by atoms with Crippen molar-refractivity contribution in [2.24, 2.45) is 0 Å². The molecule has 4 rings (SSSR count). The van der Waals surface area contributed by atoms with Gasteiger partial charge in [-0.15, -0.1) is 0 Å². The van der Waals surface area contributed by atoms with E-state index >= 15 is 0 Å². The van der Waals surface area contributed by atoms with E-state index in [1.807, 2.05) is 78.9 Å². The Labute approximate surface area is 198 Å². The first kappa shape index (κ1) is 22.3. The molecule has 164 valence electrons. The summed E-state index contributed by atoms with van der Waals surface area (Å²) in [5, 5.41) is 3.56. The predicted octanol–water partition coefficient (Wildman–Crippen LogP) is 6.04. The lowest BCUT2D eigenvalue weighted by atomic mass is 10.0. The van der Waals surface area contributed by atoms with Crippen LogP contribution >= 0.6 is 11.6 Å². The Kier molecular flexibility index (Phi) is 7.18. The highest BCUT2D eigenvalue weighted by Gasteiger charge is 2.33. The summed E-state index contributed by atoms with van der Waals surface area (Å²) < 4.78 is 0. The molecule has 2 amide bonds. The SMILES string of the molecule is O=C(NCc1ccccc1)C(c1ccc(Cl)cc1)N(C(=O)c1ccccc1)c1ccccc1. The van der Waals surface area contributed by atoms with Crippen molar-refractivity contribution in [3.05, 3.63) is 137 Å². The van der Waals surface area contributed by atoms with E-state index in [1.165, 1.54) is 0 Å². The molecule has 0 aliphatic heterocycles. The van der Waals surface area contributed by atoms with Gasteiger partial charge in [0.05, 0.1) is 0 Å². The third-order valence-electron chi connectivity index (χ3n) is 5.28. The van der Waals surface area contributed by atoms with Gasteiger partial charge < -0.3 is 5.32 Å². The van der Waals surface area contributed by atoms with Gasteiger partial charge in [-0.25, -0.2) is 0 Å². The normalized spacial score (nSPS) is 11.4. The molecular weight excluding hydrogens is 432 g/mol. The van der Waals surface area contributed by atoms with E-state index in [4.69, 9.17) is 11.6 Å². The van der Waals surface area contributed by atoms with Gasteiger partial charge in [-0.2, -0.15) is 0 Å². The van der Waals surface area contributed by atoms with Crippen LogP contribution in [0.5, 0.6) is 0 Å². The van der Waals surface area contributed by atoms with Crippen molar-refractivity contribution in [1.29, 1.82) is 0 Å². The maximum Gasteiger partial charge on any atom is 0.259 e. The van der Waals surface area contributed by atoms with Crippen LogP contribution in [0.4, 0.5) is 5.69 Å². The zero-order valence-electron chi connectivity index (χ0n) is 17.9. The first-order valence-corrected chi connectivity index (χ1v) is 11.0. The van der Waals surface area contributed by atoms with E-state index in [0.717, 1.165) is 5.56 Å². The Morgan fingerprint density at radius 3 is 1.88 bits per heavy atom. The molecule has 0 heterocycles. The van der Waals surface area contributed by atoms with Gasteiger partial charge in [0.1, 0.15) is 6.04 Å². The molecule has 0 aliphatic rings. The van der Waals surface area contributed by atoms with Gasteiger partial charge in [0.15, 0.2) is 0 Å². The molecular formula is C28H23ClN2O2. The molecule has 0 aliphatic carbocycles. The van der Waals surface area contributed by atoms with E-state index < -0.39 is 6.04 Å². The first-order valence-electron chi connectivity index (χ1n) is 10.6. The van der Waals surface area contributed by atoms with Crippen molar-refractivity contribution < 1.29 is 9.59 Å². The summed E-state index contributed by atoms with van der Waals surface area (Å²) in [6.45, 7) is 0.353. The molecule has 1 N–H and O–H groups in total. The number of halogens is 1. The van der Waals surface area contributed by atoms with Crippen LogP contribution in [0.15, 0.2) is 115 Å². The van der Waals surface area contributed by atoms with Gasteiger partial charge >= 0.3 is 0 Å². The fourth-order valence-electron chi connectivity index (χ4n) is 3.64. The lowest BCUT2D eigenvalue weighted by Gasteiger charge is -2.31. The van der Waals surface area contributed by atoms with E-state index in [1.54, 1.807) is 41.3 Å². The Bertz CT molecular complexity index is 1200. The summed E-state index contributed by atoms with van der Waals surface area (Å²) in [6.07, 6.45) is 0. The van der Waals surface area contributed by atoms with Crippen molar-refractivity contribution in [3.8, 4) is 0 Å². The number of rotatable bonds is 7. The Balaban J connectivity index is 1.76. The zero-order chi connectivity index (χ0) is 23.0. The third-order valence-corrected chi connectivity index (χ3v) is 5.53. The number of nitrogens with zero attached hydrogens (tertiary/aromatic N) is 1. The fraction of sp³-hybridized carbons (Fsp3) is 0.0714. The van der Waals surface area contributed by atoms with Gasteiger partial charge in [-0.1, -0.05) is 90.5 Å². The fourth-order valence-corrected chi connectivity index (χ4v) is 3.76. The average molecular weight is 455 g/mol. The smallest absolute Gasteiger partial charge is 0.259 e. The molecule has 33 heavy (non-hydrogen) atoms. The van der Waals surface area contributed by atoms with Gasteiger partial charge in [0.25, 0.3) is 5.91 Å². The highest BCUT2D eigenvalue weighted by atomic mass is 35.5. The lowest BCUT2D eigenvalue weighted by Crippen LogP contribution is -2.44. The predicted molar refractivity (Wildman–Crippen MR) is 132 cm³/mol. The minimum absolute atomic E-state index is 0.267. The average Bonchev–Trinajstić information content (AvgIpc) is 2.88. The molecule has 1 unspecified atom stereocenters. The van der Waals surface area contributed by atoms with Gasteiger partial charge in [-0.05, 0) is 47.5 Å². The number of benzene rings is 4. The summed E-state index contributed by atoms with van der Waals surface area (Å²) in [6, 6.07) is 34.0. The van der Waals surface area contributed by atoms with E-state index in [-0.39, 0.29) is 11.8 Å². The quantitative estimate of drug-likeness (QED) is 0.370. The minimum Gasteiger partial charge on any atom is -0.350 e. The molecule has 0 saturated carbocycles. The molecule has 0 aromatic heterocycles. The molecule has 0 spiro atoms. The Morgan fingerprint density at radius 2 is 1.27 bits per heavy atom. The van der Waals surface area contributed by atoms with Crippen LogP contribution in [0.1, 0.15) is 27.5 Å². The monoisotopic (exact) mass is 454 g/mol. The van der Waals surface area contributed by atoms with Crippen LogP contribution in [0.25, 0.3) is 0 Å². The molecule has 4 nitrogen and oxygen atoms in total.